The second kappa shape index (κ2) is 4.14. The quantitative estimate of drug-likeness (QED) is 0.572. The van der Waals surface area contributed by atoms with Crippen molar-refractivity contribution in [1.82, 2.24) is 4.90 Å². The second-order valence-electron chi connectivity index (χ2n) is 2.24. The van der Waals surface area contributed by atoms with Gasteiger partial charge in [-0.3, -0.25) is 0 Å². The third-order valence-electron chi connectivity index (χ3n) is 1.37. The summed E-state index contributed by atoms with van der Waals surface area (Å²) in [4.78, 5) is 12.2. The fourth-order valence-corrected chi connectivity index (χ4v) is 0.694. The summed E-state index contributed by atoms with van der Waals surface area (Å²) in [5, 5.41) is 0. The first-order chi connectivity index (χ1) is 4.20. The van der Waals surface area contributed by atoms with Crippen LogP contribution in [0.2, 0.25) is 0 Å². The van der Waals surface area contributed by atoms with E-state index in [0.29, 0.717) is 0 Å². The maximum absolute atomic E-state index is 10.7. The van der Waals surface area contributed by atoms with Crippen molar-refractivity contribution < 1.29 is 9.53 Å². The van der Waals surface area contributed by atoms with Gasteiger partial charge in [0.1, 0.15) is 0 Å². The van der Waals surface area contributed by atoms with Crippen molar-refractivity contribution in [2.45, 2.75) is 13.3 Å². The van der Waals surface area contributed by atoms with E-state index in [2.05, 4.69) is 0 Å². The molecule has 1 aliphatic rings. The van der Waals surface area contributed by atoms with Crippen LogP contribution >= 0.6 is 0 Å². The van der Waals surface area contributed by atoms with E-state index in [9.17, 15) is 4.79 Å². The van der Waals surface area contributed by atoms with E-state index < -0.39 is 0 Å². The summed E-state index contributed by atoms with van der Waals surface area (Å²) in [6, 6.07) is 0. The molecule has 3 nitrogen and oxygen atoms in total. The van der Waals surface area contributed by atoms with Gasteiger partial charge in [0.15, 0.2) is 0 Å². The van der Waals surface area contributed by atoms with Crippen LogP contribution in [-0.4, -0.2) is 24.6 Å². The first-order valence-electron chi connectivity index (χ1n) is 2.95. The molecule has 0 unspecified atom stereocenters. The Hall–Kier alpha value is -1.73. The molecule has 0 aromatic heterocycles. The molecule has 75 valence electrons. The molecule has 1 aliphatic heterocycles. The van der Waals surface area contributed by atoms with E-state index in [-0.39, 0.29) is 13.5 Å². The fraction of sp³-hybridized carbons (Fsp3) is 0.571. The van der Waals surface area contributed by atoms with Gasteiger partial charge >= 0.3 is 6.09 Å². The SMILES string of the molecule is C[C-]1CCN(C)C(=O)O1.[CH3-].[Lr]. The molecule has 0 aromatic carbocycles. The summed E-state index contributed by atoms with van der Waals surface area (Å²) in [6.07, 6.45) is 1.44. The standard InChI is InChI=1S/C6H10NO2.CH3.Lr/c1-5-3-4-7(2)6(8)9-5;;/h3-4H2,1-2H3;1H3;/q2*-1;. The zero-order valence-electron chi connectivity index (χ0n) is 6.94. The van der Waals surface area contributed by atoms with Crippen LogP contribution in [0.25, 0.3) is 0 Å². The van der Waals surface area contributed by atoms with E-state index in [1.54, 1.807) is 11.9 Å². The van der Waals surface area contributed by atoms with Gasteiger partial charge in [0.05, 0.1) is 0 Å². The summed E-state index contributed by atoms with van der Waals surface area (Å²) in [5.41, 5.74) is 0. The largest absolute Gasteiger partial charge is 0.618 e. The summed E-state index contributed by atoms with van der Waals surface area (Å²) in [7, 11) is 1.73. The van der Waals surface area contributed by atoms with E-state index in [4.69, 9.17) is 4.74 Å². The van der Waals surface area contributed by atoms with Crippen molar-refractivity contribution in [2.24, 2.45) is 0 Å². The average Bonchev–Trinajstić information content (AvgIpc) is 1.80. The maximum atomic E-state index is 10.7. The normalized spacial score (nSPS) is 18.0. The zero-order valence-corrected chi connectivity index (χ0v) is 9.09. The Morgan fingerprint density at radius 3 is 2.55 bits per heavy atom. The van der Waals surface area contributed by atoms with Crippen molar-refractivity contribution >= 4 is 6.09 Å². The molecule has 0 spiro atoms. The van der Waals surface area contributed by atoms with Crippen LogP contribution in [0.4, 0.5) is 4.79 Å². The second-order valence-corrected chi connectivity index (χ2v) is 2.24. The van der Waals surface area contributed by atoms with Crippen LogP contribution in [0.1, 0.15) is 13.3 Å². The molecule has 0 N–H and O–H groups in total. The van der Waals surface area contributed by atoms with Crippen LogP contribution in [0.5, 0.6) is 0 Å². The molecule has 1 saturated heterocycles. The number of nitrogens with zero attached hydrogens (tertiary/aromatic N) is 1. The topological polar surface area (TPSA) is 29.5 Å². The summed E-state index contributed by atoms with van der Waals surface area (Å²) >= 11 is 0. The molecular weight excluding hydrogens is 392 g/mol. The Labute approximate surface area is 62.0 Å². The summed E-state index contributed by atoms with van der Waals surface area (Å²) in [6.45, 7) is 2.61. The summed E-state index contributed by atoms with van der Waals surface area (Å²) < 4.78 is 4.80. The van der Waals surface area contributed by atoms with Gasteiger partial charge in [0.2, 0.25) is 0 Å². The summed E-state index contributed by atoms with van der Waals surface area (Å²) in [5.74, 6) is 0. The number of ether oxygens (including phenoxy) is 1. The van der Waals surface area contributed by atoms with E-state index in [0.717, 1.165) is 19.1 Å². The van der Waals surface area contributed by atoms with Crippen LogP contribution in [0.3, 0.4) is 0 Å². The average molecular weight is 405 g/mol. The number of amides is 1. The van der Waals surface area contributed by atoms with Gasteiger partial charge < -0.3 is 17.1 Å². The van der Waals surface area contributed by atoms with Gasteiger partial charge in [0, 0.05) is 7.05 Å². The minimum Gasteiger partial charge on any atom is -0.618 e. The zero-order chi connectivity index (χ0) is 6.85. The molecule has 0 aliphatic carbocycles. The molecule has 11 heavy (non-hydrogen) atoms. The van der Waals surface area contributed by atoms with E-state index >= 15 is 0 Å². The van der Waals surface area contributed by atoms with Gasteiger partial charge in [0.25, 0.3) is 0 Å². The van der Waals surface area contributed by atoms with Crippen LogP contribution in [0.15, 0.2) is 0 Å². The van der Waals surface area contributed by atoms with E-state index in [1.807, 2.05) is 6.92 Å². The molecule has 0 aromatic rings. The molecule has 1 fully saturated rings. The van der Waals surface area contributed by atoms with Crippen molar-refractivity contribution in [3.8, 4) is 0 Å². The Kier molecular flexibility index (Phi) is 4.52. The number of carbonyl (C=O) groups is 1. The van der Waals surface area contributed by atoms with Gasteiger partial charge in [-0.15, -0.1) is 12.5 Å². The Morgan fingerprint density at radius 2 is 2.18 bits per heavy atom. The molecule has 1 amide bonds. The molecule has 1 radical (unpaired) electrons. The number of carbonyl (C=O) groups excluding carboxylic acids is 1. The first-order valence-corrected chi connectivity index (χ1v) is 2.95. The molecule has 0 atom stereocenters. The predicted molar refractivity (Wildman–Crippen MR) is 39.1 cm³/mol. The van der Waals surface area contributed by atoms with E-state index in [1.165, 1.54) is 0 Å². The Bertz CT molecular complexity index is 130. The fourth-order valence-electron chi connectivity index (χ4n) is 0.694. The predicted octanol–water partition coefficient (Wildman–Crippen LogP) is 1.46. The van der Waals surface area contributed by atoms with Gasteiger partial charge in [-0.05, 0) is 6.54 Å². The number of hydrogen-bond acceptors (Lipinski definition) is 2. The van der Waals surface area contributed by atoms with Gasteiger partial charge in [-0.2, -0.15) is 6.92 Å². The smallest absolute Gasteiger partial charge is 0.377 e. The molecular formula is C7H13LrNO2-2. The molecule has 1 heterocycles. The van der Waals surface area contributed by atoms with Crippen molar-refractivity contribution in [3.05, 3.63) is 13.5 Å². The number of hydrogen-bond donors (Lipinski definition) is 0. The minimum absolute atomic E-state index is 0. The Balaban J connectivity index is 0. The molecule has 0 bridgehead atoms. The molecule has 4 heteroatoms. The minimum atomic E-state index is -0.237. The van der Waals surface area contributed by atoms with Crippen LogP contribution < -0.4 is 0 Å². The van der Waals surface area contributed by atoms with Crippen LogP contribution in [-0.2, 0) is 4.74 Å². The third-order valence-corrected chi connectivity index (χ3v) is 1.37. The van der Waals surface area contributed by atoms with Crippen molar-refractivity contribution in [2.75, 3.05) is 13.6 Å². The van der Waals surface area contributed by atoms with Crippen molar-refractivity contribution in [1.29, 1.82) is 0 Å². The van der Waals surface area contributed by atoms with Crippen molar-refractivity contribution in [3.63, 3.8) is 0 Å². The molecule has 0 saturated carbocycles. The maximum Gasteiger partial charge on any atom is 0.377 e. The molecule has 1 rings (SSSR count). The van der Waals surface area contributed by atoms with Crippen LogP contribution in [0, 0.1) is 13.5 Å². The van der Waals surface area contributed by atoms with Gasteiger partial charge in [-0.25, -0.2) is 4.79 Å². The monoisotopic (exact) mass is 405 g/mol. The number of cyclic esters (lactones) is 1. The third kappa shape index (κ3) is 2.56. The first kappa shape index (κ1) is 12.0. The number of rotatable bonds is 0. The van der Waals surface area contributed by atoms with Gasteiger partial charge in [-0.1, -0.05) is 0 Å². The Morgan fingerprint density at radius 1 is 1.64 bits per heavy atom.